The molecule has 5 heteroatoms. The van der Waals surface area contributed by atoms with Crippen molar-refractivity contribution in [2.75, 3.05) is 14.2 Å². The summed E-state index contributed by atoms with van der Waals surface area (Å²) in [5.41, 5.74) is 8.96. The lowest BCUT2D eigenvalue weighted by molar-refractivity contribution is 0.394. The first-order valence-corrected chi connectivity index (χ1v) is 6.56. The predicted molar refractivity (Wildman–Crippen MR) is 80.4 cm³/mol. The monoisotopic (exact) mass is 284 g/mol. The van der Waals surface area contributed by atoms with Crippen molar-refractivity contribution < 1.29 is 13.9 Å². The minimum atomic E-state index is 0.471. The van der Waals surface area contributed by atoms with Crippen molar-refractivity contribution >= 4 is 11.1 Å². The molecule has 0 aliphatic rings. The molecule has 0 spiro atoms. The molecule has 108 valence electrons. The highest BCUT2D eigenvalue weighted by atomic mass is 16.5. The quantitative estimate of drug-likeness (QED) is 0.797. The Hall–Kier alpha value is -2.53. The average Bonchev–Trinajstić information content (AvgIpc) is 2.97. The van der Waals surface area contributed by atoms with Crippen LogP contribution in [-0.4, -0.2) is 19.2 Å². The van der Waals surface area contributed by atoms with Gasteiger partial charge in [0.25, 0.3) is 0 Å². The van der Waals surface area contributed by atoms with Crippen LogP contribution in [0.15, 0.2) is 40.8 Å². The molecule has 3 rings (SSSR count). The zero-order valence-corrected chi connectivity index (χ0v) is 11.9. The largest absolute Gasteiger partial charge is 0.497 e. The van der Waals surface area contributed by atoms with E-state index in [0.717, 1.165) is 22.2 Å². The second kappa shape index (κ2) is 5.46. The molecule has 0 atom stereocenters. The van der Waals surface area contributed by atoms with E-state index in [9.17, 15) is 0 Å². The van der Waals surface area contributed by atoms with Crippen LogP contribution in [-0.2, 0) is 6.54 Å². The summed E-state index contributed by atoms with van der Waals surface area (Å²) in [6.45, 7) is 0.471. The third-order valence-electron chi connectivity index (χ3n) is 3.29. The maximum Gasteiger partial charge on any atom is 0.227 e. The number of nitrogens with zero attached hydrogens (tertiary/aromatic N) is 1. The Bertz CT molecular complexity index is 758. The van der Waals surface area contributed by atoms with Crippen LogP contribution in [0.2, 0.25) is 0 Å². The van der Waals surface area contributed by atoms with E-state index in [1.165, 1.54) is 0 Å². The van der Waals surface area contributed by atoms with Gasteiger partial charge in [-0.25, -0.2) is 4.98 Å². The van der Waals surface area contributed by atoms with Crippen molar-refractivity contribution in [3.8, 4) is 23.0 Å². The Kier molecular flexibility index (Phi) is 3.50. The molecule has 0 aliphatic carbocycles. The highest BCUT2D eigenvalue weighted by Gasteiger charge is 2.11. The zero-order valence-electron chi connectivity index (χ0n) is 11.9. The maximum atomic E-state index is 5.82. The highest BCUT2D eigenvalue weighted by Crippen LogP contribution is 2.31. The van der Waals surface area contributed by atoms with Crippen LogP contribution in [0.3, 0.4) is 0 Å². The van der Waals surface area contributed by atoms with Crippen molar-refractivity contribution in [1.29, 1.82) is 0 Å². The summed E-state index contributed by atoms with van der Waals surface area (Å²) in [5, 5.41) is 0. The molecule has 0 fully saturated rings. The number of rotatable bonds is 4. The van der Waals surface area contributed by atoms with Gasteiger partial charge in [0.15, 0.2) is 5.58 Å². The number of methoxy groups -OCH3 is 2. The van der Waals surface area contributed by atoms with E-state index in [2.05, 4.69) is 4.98 Å². The fraction of sp³-hybridized carbons (Fsp3) is 0.188. The van der Waals surface area contributed by atoms with Gasteiger partial charge in [0.1, 0.15) is 17.0 Å². The van der Waals surface area contributed by atoms with E-state index in [0.29, 0.717) is 23.9 Å². The summed E-state index contributed by atoms with van der Waals surface area (Å²) in [4.78, 5) is 4.49. The number of hydrogen-bond donors (Lipinski definition) is 1. The van der Waals surface area contributed by atoms with Crippen LogP contribution in [0.4, 0.5) is 0 Å². The molecule has 5 nitrogen and oxygen atoms in total. The molecular weight excluding hydrogens is 268 g/mol. The summed E-state index contributed by atoms with van der Waals surface area (Å²) in [6, 6.07) is 11.3. The Morgan fingerprint density at radius 2 is 1.76 bits per heavy atom. The van der Waals surface area contributed by atoms with Crippen molar-refractivity contribution in [2.24, 2.45) is 5.73 Å². The molecular formula is C16H16N2O3. The van der Waals surface area contributed by atoms with E-state index >= 15 is 0 Å². The van der Waals surface area contributed by atoms with Crippen molar-refractivity contribution in [1.82, 2.24) is 4.98 Å². The molecule has 2 N–H and O–H groups in total. The molecule has 21 heavy (non-hydrogen) atoms. The summed E-state index contributed by atoms with van der Waals surface area (Å²) < 4.78 is 16.3. The first-order chi connectivity index (χ1) is 10.2. The first-order valence-electron chi connectivity index (χ1n) is 6.56. The first kappa shape index (κ1) is 13.5. The maximum absolute atomic E-state index is 5.82. The van der Waals surface area contributed by atoms with E-state index in [-0.39, 0.29) is 0 Å². The van der Waals surface area contributed by atoms with Gasteiger partial charge in [-0.2, -0.15) is 0 Å². The average molecular weight is 284 g/mol. The Balaban J connectivity index is 2.11. The number of aromatic nitrogens is 1. The van der Waals surface area contributed by atoms with Gasteiger partial charge >= 0.3 is 0 Å². The smallest absolute Gasteiger partial charge is 0.227 e. The van der Waals surface area contributed by atoms with Gasteiger partial charge in [-0.3, -0.25) is 0 Å². The van der Waals surface area contributed by atoms with Crippen molar-refractivity contribution in [3.05, 3.63) is 42.0 Å². The predicted octanol–water partition coefficient (Wildman–Crippen LogP) is 2.97. The Morgan fingerprint density at radius 3 is 2.38 bits per heavy atom. The third kappa shape index (κ3) is 2.55. The normalized spacial score (nSPS) is 10.8. The molecule has 2 aromatic carbocycles. The van der Waals surface area contributed by atoms with E-state index in [1.807, 2.05) is 30.3 Å². The summed E-state index contributed by atoms with van der Waals surface area (Å²) in [7, 11) is 3.22. The van der Waals surface area contributed by atoms with Gasteiger partial charge in [-0.05, 0) is 29.8 Å². The van der Waals surface area contributed by atoms with Crippen molar-refractivity contribution in [3.63, 3.8) is 0 Å². The molecule has 1 aromatic heterocycles. The van der Waals surface area contributed by atoms with Crippen LogP contribution >= 0.6 is 0 Å². The molecule has 1 heterocycles. The Labute approximate surface area is 122 Å². The van der Waals surface area contributed by atoms with Crippen LogP contribution in [0.1, 0.15) is 5.56 Å². The van der Waals surface area contributed by atoms with Gasteiger partial charge in [-0.1, -0.05) is 6.07 Å². The lowest BCUT2D eigenvalue weighted by Gasteiger charge is -2.05. The second-order valence-electron chi connectivity index (χ2n) is 4.63. The molecule has 0 unspecified atom stereocenters. The lowest BCUT2D eigenvalue weighted by Crippen LogP contribution is -1.94. The minimum absolute atomic E-state index is 0.471. The third-order valence-corrected chi connectivity index (χ3v) is 3.29. The molecule has 0 saturated carbocycles. The second-order valence-corrected chi connectivity index (χ2v) is 4.63. The van der Waals surface area contributed by atoms with Crippen LogP contribution < -0.4 is 15.2 Å². The minimum Gasteiger partial charge on any atom is -0.497 e. The number of hydrogen-bond acceptors (Lipinski definition) is 5. The zero-order chi connectivity index (χ0) is 14.8. The van der Waals surface area contributed by atoms with E-state index < -0.39 is 0 Å². The fourth-order valence-electron chi connectivity index (χ4n) is 2.15. The van der Waals surface area contributed by atoms with E-state index in [4.69, 9.17) is 19.6 Å². The van der Waals surface area contributed by atoms with Crippen LogP contribution in [0.25, 0.3) is 22.6 Å². The molecule has 0 saturated heterocycles. The van der Waals surface area contributed by atoms with Crippen molar-refractivity contribution in [2.45, 2.75) is 6.54 Å². The van der Waals surface area contributed by atoms with Gasteiger partial charge < -0.3 is 19.6 Å². The molecule has 0 aliphatic heterocycles. The summed E-state index contributed by atoms with van der Waals surface area (Å²) in [5.74, 6) is 1.90. The van der Waals surface area contributed by atoms with Crippen LogP contribution in [0.5, 0.6) is 11.5 Å². The number of nitrogens with two attached hydrogens (primary N) is 1. The molecule has 0 radical (unpaired) electrons. The van der Waals surface area contributed by atoms with E-state index in [1.54, 1.807) is 20.3 Å². The fourth-order valence-corrected chi connectivity index (χ4v) is 2.15. The Morgan fingerprint density at radius 1 is 1.05 bits per heavy atom. The van der Waals surface area contributed by atoms with Gasteiger partial charge in [0.2, 0.25) is 5.89 Å². The number of oxazole rings is 1. The SMILES string of the molecule is COc1cc(OC)cc(-c2nc3ccc(CN)cc3o2)c1. The van der Waals surface area contributed by atoms with Crippen LogP contribution in [0, 0.1) is 0 Å². The summed E-state index contributed by atoms with van der Waals surface area (Å²) in [6.07, 6.45) is 0. The standard InChI is InChI=1S/C16H16N2O3/c1-19-12-6-11(7-13(8-12)20-2)16-18-14-4-3-10(9-17)5-15(14)21-16/h3-8H,9,17H2,1-2H3. The number of benzene rings is 2. The molecule has 3 aromatic rings. The van der Waals surface area contributed by atoms with Gasteiger partial charge in [0.05, 0.1) is 14.2 Å². The van der Waals surface area contributed by atoms with Gasteiger partial charge in [0, 0.05) is 18.2 Å². The highest BCUT2D eigenvalue weighted by molar-refractivity contribution is 5.77. The molecule has 0 bridgehead atoms. The topological polar surface area (TPSA) is 70.5 Å². The number of ether oxygens (including phenoxy) is 2. The number of fused-ring (bicyclic) bond motifs is 1. The lowest BCUT2D eigenvalue weighted by atomic mass is 10.2. The van der Waals surface area contributed by atoms with Gasteiger partial charge in [-0.15, -0.1) is 0 Å². The summed E-state index contributed by atoms with van der Waals surface area (Å²) >= 11 is 0. The molecule has 0 amide bonds.